The number of piperidine rings is 1. The Morgan fingerprint density at radius 2 is 1.56 bits per heavy atom. The summed E-state index contributed by atoms with van der Waals surface area (Å²) in [6, 6.07) is 17.7. The van der Waals surface area contributed by atoms with E-state index in [1.165, 1.54) is 18.3 Å². The number of amides is 3. The van der Waals surface area contributed by atoms with Crippen molar-refractivity contribution >= 4 is 41.0 Å². The van der Waals surface area contributed by atoms with E-state index in [9.17, 15) is 24.0 Å². The predicted molar refractivity (Wildman–Crippen MR) is 241 cm³/mol. The molecule has 1 saturated heterocycles. The van der Waals surface area contributed by atoms with Crippen LogP contribution in [-0.2, 0) is 52.8 Å². The SMILES string of the molecule is CCOC(=O)[C@@H](C)C[C@@H](Cc1ccccc1)NC(=O)c1nc([C@@H](C[C@H](C(C)C)N(C)C(=O)[C@@H](NC(=O)C2CCCCN2C)C(C)C)OC(C)=O)sc1CCOCc1ccccc1. The lowest BCUT2D eigenvalue weighted by Crippen LogP contribution is -2.57. The van der Waals surface area contributed by atoms with Crippen molar-refractivity contribution in [2.45, 2.75) is 130 Å². The molecule has 1 aromatic heterocycles. The molecule has 14 heteroatoms. The number of carbonyl (C=O) groups is 5. The molecule has 3 amide bonds. The van der Waals surface area contributed by atoms with Crippen molar-refractivity contribution in [1.29, 1.82) is 0 Å². The molecule has 6 atom stereocenters. The number of thiazole rings is 1. The lowest BCUT2D eigenvalue weighted by molar-refractivity contribution is -0.149. The number of carbonyl (C=O) groups excluding carboxylic acids is 5. The molecule has 1 aliphatic rings. The molecule has 4 rings (SSSR count). The molecule has 0 saturated carbocycles. The van der Waals surface area contributed by atoms with Gasteiger partial charge in [-0.1, -0.05) is 102 Å². The molecule has 1 unspecified atom stereocenters. The van der Waals surface area contributed by atoms with E-state index in [1.807, 2.05) is 100 Å². The molecule has 13 nitrogen and oxygen atoms in total. The number of hydrogen-bond donors (Lipinski definition) is 2. The number of benzene rings is 2. The highest BCUT2D eigenvalue weighted by atomic mass is 32.1. The maximum absolute atomic E-state index is 14.4. The Balaban J connectivity index is 1.64. The standard InChI is InChI=1S/C48H69N5O8S/c1-10-60-48(58)33(6)27-37(28-35-19-13-11-14-20-35)49-45(56)43-41(24-26-59-30-36-21-15-12-16-22-36)62-46(51-43)40(61-34(7)54)29-39(31(2)3)53(9)47(57)42(32(4)5)50-44(55)38-23-17-18-25-52(38)8/h11-16,19-22,31-33,37-40,42H,10,17-18,23-30H2,1-9H3,(H,49,56)(H,50,55)/t33-,37-,38?,39+,40+,42-/m0/s1. The van der Waals surface area contributed by atoms with E-state index in [0.29, 0.717) is 42.4 Å². The van der Waals surface area contributed by atoms with Crippen molar-refractivity contribution in [2.24, 2.45) is 17.8 Å². The van der Waals surface area contributed by atoms with Gasteiger partial charge >= 0.3 is 11.9 Å². The van der Waals surface area contributed by atoms with Gasteiger partial charge in [0.05, 0.1) is 31.8 Å². The Hall–Kier alpha value is -4.66. The van der Waals surface area contributed by atoms with E-state index in [2.05, 4.69) is 10.6 Å². The van der Waals surface area contributed by atoms with Crippen LogP contribution in [0.3, 0.4) is 0 Å². The fraction of sp³-hybridized carbons (Fsp3) is 0.583. The van der Waals surface area contributed by atoms with Crippen LogP contribution < -0.4 is 10.6 Å². The summed E-state index contributed by atoms with van der Waals surface area (Å²) >= 11 is 1.28. The number of hydrogen-bond acceptors (Lipinski definition) is 11. The number of ether oxygens (including phenoxy) is 3. The van der Waals surface area contributed by atoms with Gasteiger partial charge in [0.25, 0.3) is 5.91 Å². The summed E-state index contributed by atoms with van der Waals surface area (Å²) in [4.78, 5) is 77.0. The van der Waals surface area contributed by atoms with Crippen molar-refractivity contribution in [3.63, 3.8) is 0 Å². The molecule has 0 radical (unpaired) electrons. The lowest BCUT2D eigenvalue weighted by Gasteiger charge is -2.37. The molecule has 1 fully saturated rings. The Morgan fingerprint density at radius 3 is 2.16 bits per heavy atom. The monoisotopic (exact) mass is 875 g/mol. The number of nitrogens with zero attached hydrogens (tertiary/aromatic N) is 3. The normalized spacial score (nSPS) is 16.8. The zero-order valence-electron chi connectivity index (χ0n) is 38.2. The minimum Gasteiger partial charge on any atom is -0.466 e. The van der Waals surface area contributed by atoms with E-state index in [4.69, 9.17) is 19.2 Å². The van der Waals surface area contributed by atoms with Crippen LogP contribution in [0.25, 0.3) is 0 Å². The van der Waals surface area contributed by atoms with Gasteiger partial charge in [0.2, 0.25) is 11.8 Å². The highest BCUT2D eigenvalue weighted by Gasteiger charge is 2.37. The Kier molecular flexibility index (Phi) is 20.0. The van der Waals surface area contributed by atoms with Crippen molar-refractivity contribution in [1.82, 2.24) is 25.4 Å². The van der Waals surface area contributed by atoms with Crippen LogP contribution in [0.4, 0.5) is 0 Å². The number of aromatic nitrogens is 1. The first-order valence-electron chi connectivity index (χ1n) is 22.2. The molecule has 3 aromatic rings. The quantitative estimate of drug-likeness (QED) is 0.0757. The first-order chi connectivity index (χ1) is 29.6. The molecule has 2 aromatic carbocycles. The smallest absolute Gasteiger partial charge is 0.308 e. The van der Waals surface area contributed by atoms with E-state index in [0.717, 1.165) is 36.9 Å². The van der Waals surface area contributed by atoms with Gasteiger partial charge in [-0.3, -0.25) is 28.9 Å². The van der Waals surface area contributed by atoms with E-state index < -0.39 is 42.0 Å². The van der Waals surface area contributed by atoms with Crippen LogP contribution in [0.5, 0.6) is 0 Å². The van der Waals surface area contributed by atoms with Gasteiger partial charge in [0, 0.05) is 43.8 Å². The average molecular weight is 876 g/mol. The number of likely N-dealkylation sites (tertiary alicyclic amines) is 1. The third kappa shape index (κ3) is 15.0. The van der Waals surface area contributed by atoms with Gasteiger partial charge in [0.15, 0.2) is 6.10 Å². The summed E-state index contributed by atoms with van der Waals surface area (Å²) < 4.78 is 17.3. The number of nitrogens with one attached hydrogen (secondary N) is 2. The Bertz CT molecular complexity index is 1890. The second-order valence-electron chi connectivity index (χ2n) is 17.2. The fourth-order valence-electron chi connectivity index (χ4n) is 7.99. The van der Waals surface area contributed by atoms with Crippen LogP contribution in [-0.4, -0.2) is 102 Å². The Morgan fingerprint density at radius 1 is 0.903 bits per heavy atom. The summed E-state index contributed by atoms with van der Waals surface area (Å²) in [5.74, 6) is -2.40. The van der Waals surface area contributed by atoms with Gasteiger partial charge in [-0.15, -0.1) is 11.3 Å². The number of rotatable bonds is 23. The second-order valence-corrected chi connectivity index (χ2v) is 18.3. The van der Waals surface area contributed by atoms with Crippen LogP contribution in [0.15, 0.2) is 60.7 Å². The summed E-state index contributed by atoms with van der Waals surface area (Å²) in [5.41, 5.74) is 2.20. The Labute approximate surface area is 372 Å². The molecule has 2 heterocycles. The molecule has 0 spiro atoms. The van der Waals surface area contributed by atoms with Crippen LogP contribution in [0, 0.1) is 17.8 Å². The van der Waals surface area contributed by atoms with Gasteiger partial charge in [0.1, 0.15) is 16.7 Å². The van der Waals surface area contributed by atoms with Gasteiger partial charge in [-0.05, 0) is 69.2 Å². The number of esters is 2. The average Bonchev–Trinajstić information content (AvgIpc) is 3.67. The van der Waals surface area contributed by atoms with E-state index in [-0.39, 0.29) is 54.4 Å². The summed E-state index contributed by atoms with van der Waals surface area (Å²) in [6.07, 6.45) is 3.23. The second kappa shape index (κ2) is 24.8. The van der Waals surface area contributed by atoms with E-state index >= 15 is 0 Å². The number of likely N-dealkylation sites (N-methyl/N-ethyl adjacent to an activating group) is 2. The maximum atomic E-state index is 14.4. The van der Waals surface area contributed by atoms with Crippen molar-refractivity contribution < 1.29 is 38.2 Å². The molecule has 2 N–H and O–H groups in total. The molecular formula is C48H69N5O8S. The molecule has 0 bridgehead atoms. The first kappa shape index (κ1) is 50.0. The van der Waals surface area contributed by atoms with E-state index in [1.54, 1.807) is 25.8 Å². The van der Waals surface area contributed by atoms with Gasteiger partial charge in [-0.25, -0.2) is 4.98 Å². The molecule has 62 heavy (non-hydrogen) atoms. The molecule has 1 aliphatic heterocycles. The van der Waals surface area contributed by atoms with Crippen LogP contribution >= 0.6 is 11.3 Å². The fourth-order valence-corrected chi connectivity index (χ4v) is 9.07. The topological polar surface area (TPSA) is 156 Å². The third-order valence-corrected chi connectivity index (χ3v) is 12.7. The minimum absolute atomic E-state index is 0.0799. The van der Waals surface area contributed by atoms with Crippen molar-refractivity contribution in [3.8, 4) is 0 Å². The molecule has 0 aliphatic carbocycles. The minimum atomic E-state index is -0.891. The highest BCUT2D eigenvalue weighted by molar-refractivity contribution is 7.12. The maximum Gasteiger partial charge on any atom is 0.308 e. The largest absolute Gasteiger partial charge is 0.466 e. The van der Waals surface area contributed by atoms with Crippen molar-refractivity contribution in [2.75, 3.05) is 33.9 Å². The van der Waals surface area contributed by atoms with Crippen LogP contribution in [0.2, 0.25) is 0 Å². The summed E-state index contributed by atoms with van der Waals surface area (Å²) in [7, 11) is 3.67. The van der Waals surface area contributed by atoms with Gasteiger partial charge < -0.3 is 29.7 Å². The first-order valence-corrected chi connectivity index (χ1v) is 23.0. The third-order valence-electron chi connectivity index (χ3n) is 11.5. The lowest BCUT2D eigenvalue weighted by atomic mass is 9.94. The van der Waals surface area contributed by atoms with Crippen LogP contribution in [0.1, 0.15) is 118 Å². The molecule has 340 valence electrons. The van der Waals surface area contributed by atoms with Crippen molar-refractivity contribution in [3.05, 3.63) is 87.4 Å². The zero-order valence-corrected chi connectivity index (χ0v) is 39.0. The summed E-state index contributed by atoms with van der Waals surface area (Å²) in [6.45, 7) is 14.5. The highest BCUT2D eigenvalue weighted by Crippen LogP contribution is 2.34. The molecular weight excluding hydrogens is 807 g/mol. The predicted octanol–water partition coefficient (Wildman–Crippen LogP) is 6.94. The zero-order chi connectivity index (χ0) is 45.3. The van der Waals surface area contributed by atoms with Gasteiger partial charge in [-0.2, -0.15) is 0 Å². The summed E-state index contributed by atoms with van der Waals surface area (Å²) in [5, 5.41) is 6.67.